The van der Waals surface area contributed by atoms with Crippen LogP contribution in [0.25, 0.3) is 0 Å². The van der Waals surface area contributed by atoms with Gasteiger partial charge in [-0.2, -0.15) is 0 Å². The number of benzene rings is 1. The van der Waals surface area contributed by atoms with Gasteiger partial charge in [-0.25, -0.2) is 0 Å². The van der Waals surface area contributed by atoms with Crippen LogP contribution in [0.5, 0.6) is 5.75 Å². The minimum absolute atomic E-state index is 0.0416. The lowest BCUT2D eigenvalue weighted by molar-refractivity contribution is -0.133. The summed E-state index contributed by atoms with van der Waals surface area (Å²) in [7, 11) is 0. The Hall–Kier alpha value is -1.55. The third-order valence-corrected chi connectivity index (χ3v) is 3.80. The molecule has 0 saturated carbocycles. The summed E-state index contributed by atoms with van der Waals surface area (Å²) in [5.74, 6) is 0.978. The van der Waals surface area contributed by atoms with Crippen LogP contribution in [0.1, 0.15) is 25.3 Å². The third-order valence-electron chi connectivity index (χ3n) is 3.80. The van der Waals surface area contributed by atoms with Crippen molar-refractivity contribution in [2.75, 3.05) is 13.1 Å². The molecule has 4 nitrogen and oxygen atoms in total. The van der Waals surface area contributed by atoms with E-state index in [2.05, 4.69) is 6.92 Å². The lowest BCUT2D eigenvalue weighted by atomic mass is 9.98. The number of piperidine rings is 1. The van der Waals surface area contributed by atoms with E-state index < -0.39 is 6.04 Å². The average Bonchev–Trinajstić information content (AvgIpc) is 2.41. The highest BCUT2D eigenvalue weighted by Crippen LogP contribution is 2.17. The first kappa shape index (κ1) is 13.9. The number of nitrogens with two attached hydrogens (primary N) is 1. The Morgan fingerprint density at radius 2 is 1.95 bits per heavy atom. The fourth-order valence-corrected chi connectivity index (χ4v) is 2.44. The highest BCUT2D eigenvalue weighted by Gasteiger charge is 2.24. The topological polar surface area (TPSA) is 66.6 Å². The van der Waals surface area contributed by atoms with Crippen LogP contribution >= 0.6 is 0 Å². The summed E-state index contributed by atoms with van der Waals surface area (Å²) in [4.78, 5) is 14.1. The number of phenolic OH excluding ortho intramolecular Hbond substituents is 1. The van der Waals surface area contributed by atoms with Gasteiger partial charge >= 0.3 is 0 Å². The number of rotatable bonds is 3. The maximum Gasteiger partial charge on any atom is 0.239 e. The number of hydrogen-bond acceptors (Lipinski definition) is 3. The molecular weight excluding hydrogens is 240 g/mol. The van der Waals surface area contributed by atoms with Crippen molar-refractivity contribution in [1.29, 1.82) is 0 Å². The van der Waals surface area contributed by atoms with Crippen LogP contribution in [0.3, 0.4) is 0 Å². The van der Waals surface area contributed by atoms with E-state index in [0.29, 0.717) is 12.3 Å². The summed E-state index contributed by atoms with van der Waals surface area (Å²) < 4.78 is 0. The molecule has 1 fully saturated rings. The fourth-order valence-electron chi connectivity index (χ4n) is 2.44. The molecule has 1 saturated heterocycles. The Bertz CT molecular complexity index is 422. The van der Waals surface area contributed by atoms with E-state index in [9.17, 15) is 9.90 Å². The molecular formula is C15H22N2O2. The van der Waals surface area contributed by atoms with E-state index >= 15 is 0 Å². The van der Waals surface area contributed by atoms with Crippen LogP contribution in [0.2, 0.25) is 0 Å². The first-order valence-electron chi connectivity index (χ1n) is 6.88. The first-order valence-corrected chi connectivity index (χ1v) is 6.88. The maximum atomic E-state index is 12.2. The van der Waals surface area contributed by atoms with Crippen molar-refractivity contribution < 1.29 is 9.90 Å². The zero-order valence-corrected chi connectivity index (χ0v) is 11.4. The second-order valence-electron chi connectivity index (χ2n) is 5.48. The normalized spacial score (nSPS) is 18.3. The van der Waals surface area contributed by atoms with Crippen molar-refractivity contribution in [2.24, 2.45) is 11.7 Å². The average molecular weight is 262 g/mol. The minimum atomic E-state index is -0.488. The van der Waals surface area contributed by atoms with E-state index in [4.69, 9.17) is 5.73 Å². The zero-order valence-electron chi connectivity index (χ0n) is 11.4. The summed E-state index contributed by atoms with van der Waals surface area (Å²) >= 11 is 0. The van der Waals surface area contributed by atoms with E-state index in [1.165, 1.54) is 0 Å². The van der Waals surface area contributed by atoms with Crippen molar-refractivity contribution >= 4 is 5.91 Å². The summed E-state index contributed by atoms with van der Waals surface area (Å²) in [5, 5.41) is 9.22. The van der Waals surface area contributed by atoms with Crippen LogP contribution in [-0.2, 0) is 11.2 Å². The molecule has 0 spiro atoms. The number of amides is 1. The van der Waals surface area contributed by atoms with E-state index in [1.54, 1.807) is 24.3 Å². The number of phenols is 1. The van der Waals surface area contributed by atoms with Crippen molar-refractivity contribution in [3.05, 3.63) is 29.8 Å². The van der Waals surface area contributed by atoms with Gasteiger partial charge in [0.2, 0.25) is 5.91 Å². The van der Waals surface area contributed by atoms with Gasteiger partial charge in [0.25, 0.3) is 0 Å². The van der Waals surface area contributed by atoms with Gasteiger partial charge in [-0.1, -0.05) is 19.1 Å². The summed E-state index contributed by atoms with van der Waals surface area (Å²) in [6.45, 7) is 3.87. The smallest absolute Gasteiger partial charge is 0.239 e. The van der Waals surface area contributed by atoms with Gasteiger partial charge in [-0.05, 0) is 42.9 Å². The molecule has 0 radical (unpaired) electrons. The van der Waals surface area contributed by atoms with Gasteiger partial charge in [0.15, 0.2) is 0 Å². The van der Waals surface area contributed by atoms with E-state index in [1.807, 2.05) is 4.90 Å². The van der Waals surface area contributed by atoms with Crippen molar-refractivity contribution in [2.45, 2.75) is 32.2 Å². The standard InChI is InChI=1S/C15H22N2O2/c1-11-6-8-17(9-7-11)15(19)14(16)10-12-2-4-13(18)5-3-12/h2-5,11,14,18H,6-10,16H2,1H3/t14-/m1/s1. The largest absolute Gasteiger partial charge is 0.508 e. The molecule has 104 valence electrons. The molecule has 1 aromatic rings. The van der Waals surface area contributed by atoms with Gasteiger partial charge in [0, 0.05) is 13.1 Å². The Morgan fingerprint density at radius 3 is 2.53 bits per heavy atom. The molecule has 0 bridgehead atoms. The molecule has 1 heterocycles. The Labute approximate surface area is 114 Å². The summed E-state index contributed by atoms with van der Waals surface area (Å²) in [5.41, 5.74) is 6.98. The predicted octanol–water partition coefficient (Wildman–Crippen LogP) is 1.52. The third kappa shape index (κ3) is 3.70. The fraction of sp³-hybridized carbons (Fsp3) is 0.533. The molecule has 1 aliphatic rings. The van der Waals surface area contributed by atoms with Crippen LogP contribution in [0, 0.1) is 5.92 Å². The number of aromatic hydroxyl groups is 1. The number of likely N-dealkylation sites (tertiary alicyclic amines) is 1. The Kier molecular flexibility index (Phi) is 4.43. The second kappa shape index (κ2) is 6.06. The number of carbonyl (C=O) groups excluding carboxylic acids is 1. The molecule has 1 atom stereocenters. The molecule has 19 heavy (non-hydrogen) atoms. The highest BCUT2D eigenvalue weighted by molar-refractivity contribution is 5.82. The molecule has 3 N–H and O–H groups in total. The van der Waals surface area contributed by atoms with Gasteiger partial charge in [-0.15, -0.1) is 0 Å². The lowest BCUT2D eigenvalue weighted by Gasteiger charge is -2.32. The summed E-state index contributed by atoms with van der Waals surface area (Å²) in [6.07, 6.45) is 2.65. The molecule has 0 unspecified atom stereocenters. The number of carbonyl (C=O) groups is 1. The van der Waals surface area contributed by atoms with Gasteiger partial charge in [0.1, 0.15) is 5.75 Å². The van der Waals surface area contributed by atoms with Crippen LogP contribution in [0.15, 0.2) is 24.3 Å². The quantitative estimate of drug-likeness (QED) is 0.868. The van der Waals surface area contributed by atoms with Crippen molar-refractivity contribution in [3.8, 4) is 5.75 Å². The molecule has 1 amide bonds. The van der Waals surface area contributed by atoms with E-state index in [-0.39, 0.29) is 11.7 Å². The van der Waals surface area contributed by atoms with Gasteiger partial charge < -0.3 is 15.7 Å². The van der Waals surface area contributed by atoms with Gasteiger partial charge in [0.05, 0.1) is 6.04 Å². The number of hydrogen-bond donors (Lipinski definition) is 2. The Balaban J connectivity index is 1.90. The molecule has 0 aromatic heterocycles. The number of nitrogens with zero attached hydrogens (tertiary/aromatic N) is 1. The lowest BCUT2D eigenvalue weighted by Crippen LogP contribution is -2.47. The molecule has 1 aliphatic heterocycles. The monoisotopic (exact) mass is 262 g/mol. The highest BCUT2D eigenvalue weighted by atomic mass is 16.3. The van der Waals surface area contributed by atoms with Crippen molar-refractivity contribution in [1.82, 2.24) is 4.90 Å². The van der Waals surface area contributed by atoms with E-state index in [0.717, 1.165) is 31.5 Å². The van der Waals surface area contributed by atoms with Crippen LogP contribution in [0.4, 0.5) is 0 Å². The van der Waals surface area contributed by atoms with Crippen LogP contribution in [-0.4, -0.2) is 35.0 Å². The molecule has 0 aliphatic carbocycles. The second-order valence-corrected chi connectivity index (χ2v) is 5.48. The summed E-state index contributed by atoms with van der Waals surface area (Å²) in [6, 6.07) is 6.36. The predicted molar refractivity (Wildman–Crippen MR) is 74.8 cm³/mol. The minimum Gasteiger partial charge on any atom is -0.508 e. The Morgan fingerprint density at radius 1 is 1.37 bits per heavy atom. The maximum absolute atomic E-state index is 12.2. The molecule has 2 rings (SSSR count). The van der Waals surface area contributed by atoms with Gasteiger partial charge in [-0.3, -0.25) is 4.79 Å². The molecule has 1 aromatic carbocycles. The zero-order chi connectivity index (χ0) is 13.8. The SMILES string of the molecule is CC1CCN(C(=O)[C@H](N)Cc2ccc(O)cc2)CC1. The van der Waals surface area contributed by atoms with Crippen LogP contribution < -0.4 is 5.73 Å². The molecule has 4 heteroatoms. The first-order chi connectivity index (χ1) is 9.06. The van der Waals surface area contributed by atoms with Crippen molar-refractivity contribution in [3.63, 3.8) is 0 Å².